The van der Waals surface area contributed by atoms with E-state index >= 15 is 0 Å². The Labute approximate surface area is 85.2 Å². The number of methoxy groups -OCH3 is 1. The molecular formula is C11H17NO2. The summed E-state index contributed by atoms with van der Waals surface area (Å²) in [6.45, 7) is 2.09. The van der Waals surface area contributed by atoms with Gasteiger partial charge < -0.3 is 9.57 Å². The van der Waals surface area contributed by atoms with Gasteiger partial charge in [0.25, 0.3) is 0 Å². The summed E-state index contributed by atoms with van der Waals surface area (Å²) >= 11 is 0. The molecule has 1 aromatic rings. The molecule has 0 fully saturated rings. The van der Waals surface area contributed by atoms with E-state index in [0.717, 1.165) is 5.75 Å². The zero-order chi connectivity index (χ0) is 10.6. The van der Waals surface area contributed by atoms with Crippen LogP contribution in [0, 0.1) is 0 Å². The predicted octanol–water partition coefficient (Wildman–Crippen LogP) is 2.25. The van der Waals surface area contributed by atoms with Crippen molar-refractivity contribution in [2.75, 3.05) is 21.3 Å². The maximum Gasteiger partial charge on any atom is 0.118 e. The van der Waals surface area contributed by atoms with Crippen molar-refractivity contribution in [1.29, 1.82) is 0 Å². The molecule has 0 spiro atoms. The molecule has 78 valence electrons. The Bertz CT molecular complexity index is 271. The number of benzene rings is 1. The first-order valence-corrected chi connectivity index (χ1v) is 4.60. The highest BCUT2D eigenvalue weighted by molar-refractivity contribution is 5.28. The van der Waals surface area contributed by atoms with Crippen LogP contribution in [0.25, 0.3) is 0 Å². The maximum atomic E-state index is 5.13. The summed E-state index contributed by atoms with van der Waals surface area (Å²) in [5.41, 5.74) is 1.20. The Balaban J connectivity index is 2.75. The van der Waals surface area contributed by atoms with E-state index < -0.39 is 0 Å². The molecule has 14 heavy (non-hydrogen) atoms. The first-order valence-electron chi connectivity index (χ1n) is 4.60. The molecule has 0 saturated heterocycles. The fourth-order valence-corrected chi connectivity index (χ4v) is 1.25. The van der Waals surface area contributed by atoms with Crippen molar-refractivity contribution in [3.63, 3.8) is 0 Å². The SMILES string of the molecule is COc1ccc(C(C)N(C)OC)cc1. The average Bonchev–Trinajstić information content (AvgIpc) is 2.27. The van der Waals surface area contributed by atoms with E-state index in [4.69, 9.17) is 9.57 Å². The first-order chi connectivity index (χ1) is 6.69. The predicted molar refractivity (Wildman–Crippen MR) is 56.2 cm³/mol. The van der Waals surface area contributed by atoms with E-state index in [1.807, 2.05) is 36.4 Å². The lowest BCUT2D eigenvalue weighted by molar-refractivity contribution is -0.138. The van der Waals surface area contributed by atoms with Crippen LogP contribution >= 0.6 is 0 Å². The van der Waals surface area contributed by atoms with Crippen molar-refractivity contribution in [1.82, 2.24) is 5.06 Å². The van der Waals surface area contributed by atoms with Crippen LogP contribution in [0.2, 0.25) is 0 Å². The molecule has 0 radical (unpaired) electrons. The first kappa shape index (κ1) is 11.0. The fourth-order valence-electron chi connectivity index (χ4n) is 1.25. The second-order valence-corrected chi connectivity index (χ2v) is 3.18. The summed E-state index contributed by atoms with van der Waals surface area (Å²) in [5.74, 6) is 0.876. The van der Waals surface area contributed by atoms with Gasteiger partial charge in [-0.25, -0.2) is 0 Å². The molecule has 1 aromatic carbocycles. The second kappa shape index (κ2) is 4.98. The minimum Gasteiger partial charge on any atom is -0.497 e. The molecule has 1 atom stereocenters. The molecule has 0 heterocycles. The summed E-state index contributed by atoms with van der Waals surface area (Å²) in [6.07, 6.45) is 0. The highest BCUT2D eigenvalue weighted by atomic mass is 16.7. The van der Waals surface area contributed by atoms with Crippen LogP contribution in [0.15, 0.2) is 24.3 Å². The lowest BCUT2D eigenvalue weighted by Crippen LogP contribution is -2.20. The van der Waals surface area contributed by atoms with Gasteiger partial charge in [-0.2, -0.15) is 5.06 Å². The number of hydroxylamine groups is 2. The van der Waals surface area contributed by atoms with Gasteiger partial charge in [0, 0.05) is 7.05 Å². The van der Waals surface area contributed by atoms with Crippen molar-refractivity contribution >= 4 is 0 Å². The highest BCUT2D eigenvalue weighted by Gasteiger charge is 2.10. The quantitative estimate of drug-likeness (QED) is 0.688. The molecule has 0 bridgehead atoms. The third-order valence-electron chi connectivity index (χ3n) is 2.43. The third-order valence-corrected chi connectivity index (χ3v) is 2.43. The van der Waals surface area contributed by atoms with E-state index in [2.05, 4.69) is 6.92 Å². The lowest BCUT2D eigenvalue weighted by Gasteiger charge is -2.22. The summed E-state index contributed by atoms with van der Waals surface area (Å²) < 4.78 is 5.09. The molecule has 0 aliphatic heterocycles. The zero-order valence-corrected chi connectivity index (χ0v) is 9.15. The summed E-state index contributed by atoms with van der Waals surface area (Å²) in [6, 6.07) is 8.23. The minimum atomic E-state index is 0.242. The van der Waals surface area contributed by atoms with Crippen LogP contribution in [-0.2, 0) is 4.84 Å². The largest absolute Gasteiger partial charge is 0.497 e. The Morgan fingerprint density at radius 3 is 2.14 bits per heavy atom. The Morgan fingerprint density at radius 1 is 1.14 bits per heavy atom. The van der Waals surface area contributed by atoms with Crippen LogP contribution in [-0.4, -0.2) is 26.3 Å². The van der Waals surface area contributed by atoms with Crippen LogP contribution in [0.5, 0.6) is 5.75 Å². The van der Waals surface area contributed by atoms with Gasteiger partial charge in [0.15, 0.2) is 0 Å². The van der Waals surface area contributed by atoms with Crippen LogP contribution in [0.3, 0.4) is 0 Å². The number of hydrogen-bond acceptors (Lipinski definition) is 3. The number of rotatable bonds is 4. The molecule has 3 nitrogen and oxygen atoms in total. The molecule has 0 saturated carbocycles. The zero-order valence-electron chi connectivity index (χ0n) is 9.15. The van der Waals surface area contributed by atoms with Crippen molar-refractivity contribution < 1.29 is 9.57 Å². The molecule has 0 aromatic heterocycles. The summed E-state index contributed by atoms with van der Waals surface area (Å²) in [4.78, 5) is 5.13. The number of ether oxygens (including phenoxy) is 1. The normalized spacial score (nSPS) is 12.9. The molecule has 0 N–H and O–H groups in total. The van der Waals surface area contributed by atoms with Gasteiger partial charge >= 0.3 is 0 Å². The number of nitrogens with zero attached hydrogens (tertiary/aromatic N) is 1. The van der Waals surface area contributed by atoms with E-state index in [9.17, 15) is 0 Å². The van der Waals surface area contributed by atoms with E-state index in [-0.39, 0.29) is 6.04 Å². The monoisotopic (exact) mass is 195 g/mol. The topological polar surface area (TPSA) is 21.7 Å². The Kier molecular flexibility index (Phi) is 3.92. The highest BCUT2D eigenvalue weighted by Crippen LogP contribution is 2.21. The smallest absolute Gasteiger partial charge is 0.118 e. The molecule has 0 amide bonds. The minimum absolute atomic E-state index is 0.242. The average molecular weight is 195 g/mol. The van der Waals surface area contributed by atoms with Crippen LogP contribution in [0.4, 0.5) is 0 Å². The van der Waals surface area contributed by atoms with Gasteiger partial charge in [-0.05, 0) is 24.6 Å². The van der Waals surface area contributed by atoms with Crippen molar-refractivity contribution in [3.05, 3.63) is 29.8 Å². The van der Waals surface area contributed by atoms with Crippen molar-refractivity contribution in [3.8, 4) is 5.75 Å². The fraction of sp³-hybridized carbons (Fsp3) is 0.455. The molecule has 0 aliphatic carbocycles. The molecule has 1 unspecified atom stereocenters. The van der Waals surface area contributed by atoms with Crippen LogP contribution < -0.4 is 4.74 Å². The van der Waals surface area contributed by atoms with Crippen molar-refractivity contribution in [2.45, 2.75) is 13.0 Å². The van der Waals surface area contributed by atoms with Crippen LogP contribution in [0.1, 0.15) is 18.5 Å². The summed E-state index contributed by atoms with van der Waals surface area (Å²) in [7, 11) is 5.24. The van der Waals surface area contributed by atoms with Gasteiger partial charge in [-0.15, -0.1) is 0 Å². The molecule has 3 heteroatoms. The standard InChI is InChI=1S/C11H17NO2/c1-9(12(2)14-4)10-5-7-11(13-3)8-6-10/h5-9H,1-4H3. The lowest BCUT2D eigenvalue weighted by atomic mass is 10.1. The van der Waals surface area contributed by atoms with Gasteiger partial charge in [0.2, 0.25) is 0 Å². The summed E-state index contributed by atoms with van der Waals surface area (Å²) in [5, 5.41) is 1.81. The number of hydrogen-bond donors (Lipinski definition) is 0. The van der Waals surface area contributed by atoms with Gasteiger partial charge in [0.1, 0.15) is 5.75 Å². The van der Waals surface area contributed by atoms with E-state index in [1.165, 1.54) is 5.56 Å². The van der Waals surface area contributed by atoms with Gasteiger partial charge in [-0.1, -0.05) is 12.1 Å². The molecule has 1 rings (SSSR count). The molecular weight excluding hydrogens is 178 g/mol. The Hall–Kier alpha value is -1.06. The van der Waals surface area contributed by atoms with Crippen molar-refractivity contribution in [2.24, 2.45) is 0 Å². The van der Waals surface area contributed by atoms with E-state index in [0.29, 0.717) is 0 Å². The molecule has 0 aliphatic rings. The van der Waals surface area contributed by atoms with Gasteiger partial charge in [0.05, 0.1) is 20.3 Å². The van der Waals surface area contributed by atoms with Gasteiger partial charge in [-0.3, -0.25) is 0 Å². The van der Waals surface area contributed by atoms with E-state index in [1.54, 1.807) is 14.2 Å². The third kappa shape index (κ3) is 2.47. The second-order valence-electron chi connectivity index (χ2n) is 3.18. The Morgan fingerprint density at radius 2 is 1.71 bits per heavy atom. The maximum absolute atomic E-state index is 5.13.